The third-order valence-electron chi connectivity index (χ3n) is 4.46. The molecular weight excluding hydrogens is 308 g/mol. The summed E-state index contributed by atoms with van der Waals surface area (Å²) in [5.74, 6) is 0. The van der Waals surface area contributed by atoms with E-state index in [1.54, 1.807) is 7.11 Å². The average Bonchev–Trinajstić information content (AvgIpc) is 2.67. The van der Waals surface area contributed by atoms with Crippen LogP contribution in [0, 0.1) is 6.92 Å². The topological polar surface area (TPSA) is 24.8 Å². The zero-order valence-electron chi connectivity index (χ0n) is 14.4. The number of para-hydroxylation sites is 3. The van der Waals surface area contributed by atoms with Gasteiger partial charge in [-0.15, -0.1) is 0 Å². The van der Waals surface area contributed by atoms with E-state index in [4.69, 9.17) is 9.73 Å². The van der Waals surface area contributed by atoms with E-state index in [-0.39, 0.29) is 6.23 Å². The van der Waals surface area contributed by atoms with E-state index in [1.807, 2.05) is 36.4 Å². The molecule has 3 heteroatoms. The lowest BCUT2D eigenvalue weighted by molar-refractivity contribution is 0.160. The van der Waals surface area contributed by atoms with Crippen LogP contribution >= 0.6 is 0 Å². The second-order valence-corrected chi connectivity index (χ2v) is 6.15. The summed E-state index contributed by atoms with van der Waals surface area (Å²) in [7, 11) is 1.73. The first-order valence-corrected chi connectivity index (χ1v) is 8.39. The van der Waals surface area contributed by atoms with Crippen molar-refractivity contribution in [1.82, 2.24) is 0 Å². The Balaban J connectivity index is 1.91. The molecule has 1 unspecified atom stereocenters. The number of hydrogen-bond acceptors (Lipinski definition) is 3. The van der Waals surface area contributed by atoms with Crippen LogP contribution in [0.2, 0.25) is 0 Å². The van der Waals surface area contributed by atoms with Gasteiger partial charge in [0, 0.05) is 18.4 Å². The van der Waals surface area contributed by atoms with Crippen LogP contribution in [0.1, 0.15) is 11.1 Å². The third-order valence-corrected chi connectivity index (χ3v) is 4.46. The first-order chi connectivity index (χ1) is 12.3. The highest BCUT2D eigenvalue weighted by Crippen LogP contribution is 2.40. The minimum Gasteiger partial charge on any atom is -0.355 e. The van der Waals surface area contributed by atoms with Gasteiger partial charge < -0.3 is 9.64 Å². The van der Waals surface area contributed by atoms with Crippen molar-refractivity contribution in [3.05, 3.63) is 90.0 Å². The van der Waals surface area contributed by atoms with E-state index in [0.717, 1.165) is 28.3 Å². The Morgan fingerprint density at radius 1 is 0.840 bits per heavy atom. The van der Waals surface area contributed by atoms with Crippen LogP contribution < -0.4 is 4.90 Å². The number of benzene rings is 3. The summed E-state index contributed by atoms with van der Waals surface area (Å²) in [4.78, 5) is 7.13. The van der Waals surface area contributed by atoms with Crippen molar-refractivity contribution in [3.8, 4) is 0 Å². The monoisotopic (exact) mass is 328 g/mol. The van der Waals surface area contributed by atoms with Crippen molar-refractivity contribution >= 4 is 22.8 Å². The van der Waals surface area contributed by atoms with Crippen LogP contribution in [0.3, 0.4) is 0 Å². The molecule has 0 bridgehead atoms. The average molecular weight is 328 g/mol. The zero-order valence-corrected chi connectivity index (χ0v) is 14.4. The van der Waals surface area contributed by atoms with E-state index < -0.39 is 0 Å². The normalized spacial score (nSPS) is 16.3. The number of ether oxygens (including phenoxy) is 1. The highest BCUT2D eigenvalue weighted by atomic mass is 16.5. The van der Waals surface area contributed by atoms with Gasteiger partial charge in [0.05, 0.1) is 17.1 Å². The SMILES string of the molecule is COC1C(c2ccc(C)cc2)=Nc2ccccc2N1c1ccccc1. The van der Waals surface area contributed by atoms with Crippen LogP contribution in [-0.2, 0) is 4.74 Å². The molecule has 0 radical (unpaired) electrons. The van der Waals surface area contributed by atoms with Crippen molar-refractivity contribution in [2.24, 2.45) is 4.99 Å². The lowest BCUT2D eigenvalue weighted by Gasteiger charge is -2.37. The van der Waals surface area contributed by atoms with E-state index in [0.29, 0.717) is 0 Å². The predicted molar refractivity (Wildman–Crippen MR) is 103 cm³/mol. The van der Waals surface area contributed by atoms with Gasteiger partial charge in [-0.2, -0.15) is 0 Å². The Labute approximate surface area is 148 Å². The van der Waals surface area contributed by atoms with Crippen molar-refractivity contribution in [3.63, 3.8) is 0 Å². The summed E-state index contributed by atoms with van der Waals surface area (Å²) >= 11 is 0. The third kappa shape index (κ3) is 2.83. The molecule has 124 valence electrons. The quantitative estimate of drug-likeness (QED) is 0.657. The second-order valence-electron chi connectivity index (χ2n) is 6.15. The summed E-state index contributed by atoms with van der Waals surface area (Å²) in [6.07, 6.45) is -0.278. The summed E-state index contributed by atoms with van der Waals surface area (Å²) in [5, 5.41) is 0. The molecule has 4 rings (SSSR count). The maximum absolute atomic E-state index is 5.91. The Bertz CT molecular complexity index is 901. The first-order valence-electron chi connectivity index (χ1n) is 8.39. The zero-order chi connectivity index (χ0) is 17.2. The molecule has 25 heavy (non-hydrogen) atoms. The van der Waals surface area contributed by atoms with Gasteiger partial charge in [-0.3, -0.25) is 0 Å². The number of hydrogen-bond donors (Lipinski definition) is 0. The molecule has 0 aliphatic carbocycles. The maximum Gasteiger partial charge on any atom is 0.177 e. The number of aryl methyl sites for hydroxylation is 1. The van der Waals surface area contributed by atoms with Gasteiger partial charge in [-0.25, -0.2) is 4.99 Å². The largest absolute Gasteiger partial charge is 0.355 e. The Hall–Kier alpha value is -2.91. The fraction of sp³-hybridized carbons (Fsp3) is 0.136. The second kappa shape index (κ2) is 6.54. The first kappa shape index (κ1) is 15.6. The highest BCUT2D eigenvalue weighted by molar-refractivity contribution is 6.10. The lowest BCUT2D eigenvalue weighted by Crippen LogP contribution is -2.42. The molecule has 0 spiro atoms. The fourth-order valence-corrected chi connectivity index (χ4v) is 3.21. The fourth-order valence-electron chi connectivity index (χ4n) is 3.21. The number of aliphatic imine (C=N–C) groups is 1. The van der Waals surface area contributed by atoms with Crippen LogP contribution in [0.25, 0.3) is 0 Å². The number of anilines is 2. The minimum atomic E-state index is -0.278. The summed E-state index contributed by atoms with van der Waals surface area (Å²) < 4.78 is 5.91. The van der Waals surface area contributed by atoms with Crippen molar-refractivity contribution < 1.29 is 4.74 Å². The van der Waals surface area contributed by atoms with Gasteiger partial charge in [-0.1, -0.05) is 60.2 Å². The molecule has 1 atom stereocenters. The minimum absolute atomic E-state index is 0.278. The number of nitrogens with zero attached hydrogens (tertiary/aromatic N) is 2. The molecule has 0 saturated carbocycles. The van der Waals surface area contributed by atoms with Crippen LogP contribution in [0.15, 0.2) is 83.9 Å². The molecule has 1 heterocycles. The molecule has 0 fully saturated rings. The molecule has 3 aromatic rings. The van der Waals surface area contributed by atoms with Crippen LogP contribution in [0.5, 0.6) is 0 Å². The number of fused-ring (bicyclic) bond motifs is 1. The highest BCUT2D eigenvalue weighted by Gasteiger charge is 2.31. The standard InChI is InChI=1S/C22H20N2O/c1-16-12-14-17(15-13-16)21-22(25-2)24(18-8-4-3-5-9-18)20-11-7-6-10-19(20)23-21/h3-15,22H,1-2H3. The lowest BCUT2D eigenvalue weighted by atomic mass is 10.0. The molecule has 0 aromatic heterocycles. The van der Waals surface area contributed by atoms with E-state index in [1.165, 1.54) is 5.56 Å². The van der Waals surface area contributed by atoms with Gasteiger partial charge in [0.2, 0.25) is 0 Å². The van der Waals surface area contributed by atoms with Gasteiger partial charge in [0.1, 0.15) is 0 Å². The van der Waals surface area contributed by atoms with Crippen molar-refractivity contribution in [2.45, 2.75) is 13.2 Å². The van der Waals surface area contributed by atoms with Crippen LogP contribution in [-0.4, -0.2) is 19.0 Å². The molecule has 1 aliphatic heterocycles. The predicted octanol–water partition coefficient (Wildman–Crippen LogP) is 5.24. The van der Waals surface area contributed by atoms with Gasteiger partial charge in [0.25, 0.3) is 0 Å². The smallest absolute Gasteiger partial charge is 0.177 e. The molecule has 1 aliphatic rings. The van der Waals surface area contributed by atoms with E-state index in [2.05, 4.69) is 54.3 Å². The maximum atomic E-state index is 5.91. The molecule has 0 saturated heterocycles. The summed E-state index contributed by atoms with van der Waals surface area (Å²) in [6.45, 7) is 2.09. The van der Waals surface area contributed by atoms with Gasteiger partial charge in [0.15, 0.2) is 6.23 Å². The van der Waals surface area contributed by atoms with Crippen LogP contribution in [0.4, 0.5) is 17.1 Å². The summed E-state index contributed by atoms with van der Waals surface area (Å²) in [5.41, 5.74) is 6.32. The van der Waals surface area contributed by atoms with E-state index in [9.17, 15) is 0 Å². The van der Waals surface area contributed by atoms with Gasteiger partial charge in [-0.05, 0) is 31.2 Å². The van der Waals surface area contributed by atoms with Crippen molar-refractivity contribution in [2.75, 3.05) is 12.0 Å². The molecular formula is C22H20N2O. The molecule has 0 N–H and O–H groups in total. The van der Waals surface area contributed by atoms with Crippen molar-refractivity contribution in [1.29, 1.82) is 0 Å². The summed E-state index contributed by atoms with van der Waals surface area (Å²) in [6, 6.07) is 26.9. The number of rotatable bonds is 3. The van der Waals surface area contributed by atoms with Gasteiger partial charge >= 0.3 is 0 Å². The van der Waals surface area contributed by atoms with E-state index >= 15 is 0 Å². The Kier molecular flexibility index (Phi) is 4.08. The molecule has 0 amide bonds. The number of methoxy groups -OCH3 is 1. The molecule has 3 aromatic carbocycles. The Morgan fingerprint density at radius 3 is 2.24 bits per heavy atom. The molecule has 3 nitrogen and oxygen atoms in total. The Morgan fingerprint density at radius 2 is 1.52 bits per heavy atom.